The zero-order chi connectivity index (χ0) is 20.2. The molecule has 7 heteroatoms. The summed E-state index contributed by atoms with van der Waals surface area (Å²) in [5, 5.41) is 2.96. The van der Waals surface area contributed by atoms with Gasteiger partial charge in [0, 0.05) is 49.4 Å². The van der Waals surface area contributed by atoms with Crippen molar-refractivity contribution in [3.05, 3.63) is 71.3 Å². The van der Waals surface area contributed by atoms with Crippen LogP contribution in [-0.2, 0) is 19.5 Å². The quantitative estimate of drug-likeness (QED) is 0.684. The smallest absolute Gasteiger partial charge is 0.227 e. The minimum Gasteiger partial charge on any atom is -0.497 e. The number of methoxy groups -OCH3 is 2. The minimum atomic E-state index is -0.326. The molecule has 3 aromatic rings. The first kappa shape index (κ1) is 19.1. The molecule has 1 aliphatic rings. The van der Waals surface area contributed by atoms with E-state index in [-0.39, 0.29) is 5.82 Å². The highest BCUT2D eigenvalue weighted by Gasteiger charge is 2.20. The second-order valence-corrected chi connectivity index (χ2v) is 6.91. The van der Waals surface area contributed by atoms with Crippen LogP contribution in [0.2, 0.25) is 0 Å². The van der Waals surface area contributed by atoms with Crippen molar-refractivity contribution in [2.75, 3.05) is 26.1 Å². The lowest BCUT2D eigenvalue weighted by Gasteiger charge is -2.28. The van der Waals surface area contributed by atoms with Gasteiger partial charge in [0.15, 0.2) is 0 Å². The molecule has 0 saturated carbocycles. The molecule has 0 saturated heterocycles. The largest absolute Gasteiger partial charge is 0.497 e. The van der Waals surface area contributed by atoms with Crippen LogP contribution in [0, 0.1) is 5.82 Å². The third kappa shape index (κ3) is 4.30. The van der Waals surface area contributed by atoms with Gasteiger partial charge in [-0.1, -0.05) is 18.2 Å². The molecule has 1 aromatic heterocycles. The summed E-state index contributed by atoms with van der Waals surface area (Å²) in [7, 11) is 3.31. The van der Waals surface area contributed by atoms with Gasteiger partial charge in [0.2, 0.25) is 5.95 Å². The lowest BCUT2D eigenvalue weighted by atomic mass is 10.1. The Balaban J connectivity index is 1.46. The van der Waals surface area contributed by atoms with Crippen molar-refractivity contribution < 1.29 is 13.9 Å². The second kappa shape index (κ2) is 8.45. The van der Waals surface area contributed by atoms with Crippen molar-refractivity contribution in [1.82, 2.24) is 14.9 Å². The number of nitrogens with one attached hydrogen (secondary N) is 1. The summed E-state index contributed by atoms with van der Waals surface area (Å²) in [6, 6.07) is 12.4. The summed E-state index contributed by atoms with van der Waals surface area (Å²) in [5.41, 5.74) is 3.56. The Morgan fingerprint density at radius 1 is 1.14 bits per heavy atom. The number of nitrogens with zero attached hydrogens (tertiary/aromatic N) is 3. The monoisotopic (exact) mass is 394 g/mol. The lowest BCUT2D eigenvalue weighted by molar-refractivity contribution is 0.239. The number of para-hydroxylation sites is 1. The minimum absolute atomic E-state index is 0.326. The van der Waals surface area contributed by atoms with E-state index in [0.29, 0.717) is 11.6 Å². The molecule has 0 amide bonds. The van der Waals surface area contributed by atoms with Gasteiger partial charge in [-0.3, -0.25) is 4.90 Å². The number of anilines is 2. The first-order chi connectivity index (χ1) is 14.2. The van der Waals surface area contributed by atoms with Crippen molar-refractivity contribution in [1.29, 1.82) is 0 Å². The number of benzene rings is 2. The normalized spacial score (nSPS) is 13.6. The van der Waals surface area contributed by atoms with E-state index in [1.165, 1.54) is 6.07 Å². The van der Waals surface area contributed by atoms with Gasteiger partial charge in [-0.15, -0.1) is 0 Å². The molecule has 0 atom stereocenters. The zero-order valence-electron chi connectivity index (χ0n) is 16.5. The second-order valence-electron chi connectivity index (χ2n) is 6.91. The van der Waals surface area contributed by atoms with Gasteiger partial charge in [-0.05, 0) is 18.2 Å². The van der Waals surface area contributed by atoms with Gasteiger partial charge >= 0.3 is 0 Å². The Bertz CT molecular complexity index is 1010. The third-order valence-electron chi connectivity index (χ3n) is 5.02. The molecule has 150 valence electrons. The highest BCUT2D eigenvalue weighted by Crippen LogP contribution is 2.28. The van der Waals surface area contributed by atoms with Crippen LogP contribution in [0.1, 0.15) is 16.8 Å². The number of hydrogen-bond donors (Lipinski definition) is 1. The predicted octanol–water partition coefficient (Wildman–Crippen LogP) is 3.93. The standard InChI is InChI=1S/C22H23FN4O2/c1-28-17-8-7-15(21(11-17)29-2)13-27-10-9-19-16(14-27)12-24-22(25-19)26-20-6-4-3-5-18(20)23/h3-8,11-12H,9-10,13-14H2,1-2H3,(H,24,25,26). The van der Waals surface area contributed by atoms with E-state index in [1.54, 1.807) is 32.4 Å². The molecule has 0 radical (unpaired) electrons. The molecule has 2 heterocycles. The highest BCUT2D eigenvalue weighted by molar-refractivity contribution is 5.54. The lowest BCUT2D eigenvalue weighted by Crippen LogP contribution is -2.31. The Morgan fingerprint density at radius 2 is 2.00 bits per heavy atom. The zero-order valence-corrected chi connectivity index (χ0v) is 16.5. The van der Waals surface area contributed by atoms with Gasteiger partial charge in [-0.2, -0.15) is 0 Å². The molecular formula is C22H23FN4O2. The number of hydrogen-bond acceptors (Lipinski definition) is 6. The maximum Gasteiger partial charge on any atom is 0.227 e. The van der Waals surface area contributed by atoms with Gasteiger partial charge in [0.05, 0.1) is 25.6 Å². The van der Waals surface area contributed by atoms with Crippen molar-refractivity contribution in [2.45, 2.75) is 19.5 Å². The fourth-order valence-corrected chi connectivity index (χ4v) is 3.48. The van der Waals surface area contributed by atoms with Crippen LogP contribution >= 0.6 is 0 Å². The average Bonchev–Trinajstić information content (AvgIpc) is 2.75. The van der Waals surface area contributed by atoms with Gasteiger partial charge < -0.3 is 14.8 Å². The van der Waals surface area contributed by atoms with Crippen LogP contribution in [-0.4, -0.2) is 35.6 Å². The van der Waals surface area contributed by atoms with Crippen LogP contribution in [0.3, 0.4) is 0 Å². The molecule has 1 aliphatic heterocycles. The maximum atomic E-state index is 13.8. The molecule has 4 rings (SSSR count). The van der Waals surface area contributed by atoms with Crippen molar-refractivity contribution >= 4 is 11.6 Å². The Labute approximate surface area is 169 Å². The summed E-state index contributed by atoms with van der Waals surface area (Å²) >= 11 is 0. The van der Waals surface area contributed by atoms with E-state index in [2.05, 4.69) is 20.2 Å². The molecular weight excluding hydrogens is 371 g/mol. The van der Waals surface area contributed by atoms with E-state index in [4.69, 9.17) is 9.47 Å². The number of rotatable bonds is 6. The van der Waals surface area contributed by atoms with Crippen LogP contribution in [0.25, 0.3) is 0 Å². The molecule has 0 unspecified atom stereocenters. The number of ether oxygens (including phenoxy) is 2. The molecule has 0 spiro atoms. The molecule has 0 bridgehead atoms. The van der Waals surface area contributed by atoms with Crippen molar-refractivity contribution in [3.8, 4) is 11.5 Å². The summed E-state index contributed by atoms with van der Waals surface area (Å²) in [6.45, 7) is 2.39. The molecule has 0 fully saturated rings. The van der Waals surface area contributed by atoms with Crippen molar-refractivity contribution in [2.24, 2.45) is 0 Å². The van der Waals surface area contributed by atoms with Crippen LogP contribution in [0.4, 0.5) is 16.0 Å². The number of fused-ring (bicyclic) bond motifs is 1. The van der Waals surface area contributed by atoms with Gasteiger partial charge in [-0.25, -0.2) is 14.4 Å². The summed E-state index contributed by atoms with van der Waals surface area (Å²) in [4.78, 5) is 11.3. The number of halogens is 1. The molecule has 29 heavy (non-hydrogen) atoms. The van der Waals surface area contributed by atoms with E-state index in [9.17, 15) is 4.39 Å². The summed E-state index contributed by atoms with van der Waals surface area (Å²) in [5.74, 6) is 1.68. The fraction of sp³-hybridized carbons (Fsp3) is 0.273. The Morgan fingerprint density at radius 3 is 2.79 bits per heavy atom. The average molecular weight is 394 g/mol. The first-order valence-corrected chi connectivity index (χ1v) is 9.46. The van der Waals surface area contributed by atoms with Gasteiger partial charge in [0.1, 0.15) is 17.3 Å². The highest BCUT2D eigenvalue weighted by atomic mass is 19.1. The Kier molecular flexibility index (Phi) is 5.57. The third-order valence-corrected chi connectivity index (χ3v) is 5.02. The Hall–Kier alpha value is -3.19. The van der Waals surface area contributed by atoms with E-state index < -0.39 is 0 Å². The molecule has 1 N–H and O–H groups in total. The first-order valence-electron chi connectivity index (χ1n) is 9.46. The predicted molar refractivity (Wildman–Crippen MR) is 109 cm³/mol. The van der Waals surface area contributed by atoms with E-state index >= 15 is 0 Å². The fourth-order valence-electron chi connectivity index (χ4n) is 3.48. The molecule has 0 aliphatic carbocycles. The van der Waals surface area contributed by atoms with E-state index in [1.807, 2.05) is 24.4 Å². The summed E-state index contributed by atoms with van der Waals surface area (Å²) in [6.07, 6.45) is 2.63. The molecule has 2 aromatic carbocycles. The topological polar surface area (TPSA) is 59.5 Å². The summed E-state index contributed by atoms with van der Waals surface area (Å²) < 4.78 is 24.6. The number of aromatic nitrogens is 2. The van der Waals surface area contributed by atoms with E-state index in [0.717, 1.165) is 54.4 Å². The van der Waals surface area contributed by atoms with Crippen molar-refractivity contribution in [3.63, 3.8) is 0 Å². The maximum absolute atomic E-state index is 13.8. The van der Waals surface area contributed by atoms with Crippen LogP contribution in [0.15, 0.2) is 48.7 Å². The SMILES string of the molecule is COc1ccc(CN2CCc3nc(Nc4ccccc4F)ncc3C2)c(OC)c1. The van der Waals surface area contributed by atoms with Gasteiger partial charge in [0.25, 0.3) is 0 Å². The molecule has 6 nitrogen and oxygen atoms in total. The van der Waals surface area contributed by atoms with Crippen LogP contribution < -0.4 is 14.8 Å². The van der Waals surface area contributed by atoms with Crippen LogP contribution in [0.5, 0.6) is 11.5 Å².